The Hall–Kier alpha value is -3.51. The summed E-state index contributed by atoms with van der Waals surface area (Å²) in [4.78, 5) is 29.3. The lowest BCUT2D eigenvalue weighted by Gasteiger charge is -2.34. The van der Waals surface area contributed by atoms with Gasteiger partial charge in [0.2, 0.25) is 15.9 Å². The van der Waals surface area contributed by atoms with Gasteiger partial charge in [-0.1, -0.05) is 6.92 Å². The predicted octanol–water partition coefficient (Wildman–Crippen LogP) is 2.38. The third kappa shape index (κ3) is 7.75. The van der Waals surface area contributed by atoms with Crippen LogP contribution in [0.3, 0.4) is 0 Å². The number of aliphatic hydroxyl groups excluding tert-OH is 1. The molecule has 0 unspecified atom stereocenters. The Morgan fingerprint density at radius 3 is 2.50 bits per heavy atom. The zero-order valence-electron chi connectivity index (χ0n) is 22.3. The van der Waals surface area contributed by atoms with E-state index in [4.69, 9.17) is 9.47 Å². The van der Waals surface area contributed by atoms with E-state index in [1.165, 1.54) is 4.90 Å². The number of methoxy groups -OCH3 is 1. The molecule has 2 aromatic carbocycles. The molecule has 1 aliphatic rings. The average molecular weight is 549 g/mol. The molecule has 0 saturated carbocycles. The van der Waals surface area contributed by atoms with Crippen LogP contribution in [0.4, 0.5) is 16.2 Å². The van der Waals surface area contributed by atoms with Gasteiger partial charge in [0.15, 0.2) is 0 Å². The molecule has 0 radical (unpaired) electrons. The summed E-state index contributed by atoms with van der Waals surface area (Å²) in [5, 5.41) is 12.6. The lowest BCUT2D eigenvalue weighted by Crippen LogP contribution is -2.48. The topological polar surface area (TPSA) is 138 Å². The standard InChI is InChI=1S/C26H36N4O7S/c1-17-14-30(18(2)16-31)25(32)13-19-12-21(28-38(5,34)35)8-11-23(19)37-24(17)15-29(3)26(33)27-20-6-9-22(36-4)10-7-20/h6-12,17-18,24,28,31H,13-16H2,1-5H3,(H,27,33)/t17-,18-,24+/m1/s1. The summed E-state index contributed by atoms with van der Waals surface area (Å²) in [6.07, 6.45) is 0.506. The van der Waals surface area contributed by atoms with Crippen molar-refractivity contribution in [3.05, 3.63) is 48.0 Å². The number of amides is 3. The summed E-state index contributed by atoms with van der Waals surface area (Å²) in [7, 11) is -0.301. The van der Waals surface area contributed by atoms with Gasteiger partial charge in [0.05, 0.1) is 39.0 Å². The van der Waals surface area contributed by atoms with Crippen LogP contribution in [0.2, 0.25) is 0 Å². The summed E-state index contributed by atoms with van der Waals surface area (Å²) in [6.45, 7) is 3.99. The van der Waals surface area contributed by atoms with Gasteiger partial charge in [-0.2, -0.15) is 0 Å². The number of nitrogens with one attached hydrogen (secondary N) is 2. The van der Waals surface area contributed by atoms with Crippen molar-refractivity contribution in [3.8, 4) is 11.5 Å². The number of urea groups is 1. The maximum absolute atomic E-state index is 13.2. The molecule has 38 heavy (non-hydrogen) atoms. The first-order chi connectivity index (χ1) is 17.9. The molecule has 0 fully saturated rings. The number of carbonyl (C=O) groups is 2. The Bertz CT molecular complexity index is 1240. The third-order valence-corrected chi connectivity index (χ3v) is 6.97. The number of fused-ring (bicyclic) bond motifs is 1. The molecule has 3 amide bonds. The molecule has 0 aromatic heterocycles. The van der Waals surface area contributed by atoms with Crippen LogP contribution in [0, 0.1) is 5.92 Å². The molecular weight excluding hydrogens is 512 g/mol. The number of sulfonamides is 1. The number of ether oxygens (including phenoxy) is 2. The fourth-order valence-electron chi connectivity index (χ4n) is 4.17. The summed E-state index contributed by atoms with van der Waals surface area (Å²) in [5.41, 5.74) is 1.42. The van der Waals surface area contributed by atoms with E-state index in [0.717, 1.165) is 6.26 Å². The van der Waals surface area contributed by atoms with Gasteiger partial charge in [-0.05, 0) is 49.4 Å². The lowest BCUT2D eigenvalue weighted by atomic mass is 10.0. The smallest absolute Gasteiger partial charge is 0.321 e. The molecule has 0 spiro atoms. The Labute approximate surface area is 223 Å². The highest BCUT2D eigenvalue weighted by atomic mass is 32.2. The van der Waals surface area contributed by atoms with Gasteiger partial charge in [-0.3, -0.25) is 9.52 Å². The number of benzene rings is 2. The van der Waals surface area contributed by atoms with Crippen molar-refractivity contribution in [2.24, 2.45) is 5.92 Å². The summed E-state index contributed by atoms with van der Waals surface area (Å²) < 4.78 is 37.4. The van der Waals surface area contributed by atoms with Crippen molar-refractivity contribution >= 4 is 33.3 Å². The quantitative estimate of drug-likeness (QED) is 0.461. The Balaban J connectivity index is 1.87. The van der Waals surface area contributed by atoms with E-state index in [2.05, 4.69) is 10.0 Å². The fraction of sp³-hybridized carbons (Fsp3) is 0.462. The number of likely N-dealkylation sites (N-methyl/N-ethyl adjacent to an activating group) is 1. The van der Waals surface area contributed by atoms with Crippen LogP contribution in [0.25, 0.3) is 0 Å². The van der Waals surface area contributed by atoms with E-state index in [0.29, 0.717) is 35.0 Å². The van der Waals surface area contributed by atoms with Crippen LogP contribution in [0.1, 0.15) is 19.4 Å². The van der Waals surface area contributed by atoms with Gasteiger partial charge in [-0.15, -0.1) is 0 Å². The summed E-state index contributed by atoms with van der Waals surface area (Å²) in [5.74, 6) is 0.681. The van der Waals surface area contributed by atoms with Crippen LogP contribution in [0.15, 0.2) is 42.5 Å². The number of hydrogen-bond donors (Lipinski definition) is 3. The number of carbonyl (C=O) groups excluding carboxylic acids is 2. The molecular formula is C26H36N4O7S. The van der Waals surface area contributed by atoms with E-state index in [1.54, 1.807) is 68.4 Å². The summed E-state index contributed by atoms with van der Waals surface area (Å²) >= 11 is 0. The van der Waals surface area contributed by atoms with Crippen molar-refractivity contribution in [2.45, 2.75) is 32.4 Å². The Morgan fingerprint density at radius 1 is 1.24 bits per heavy atom. The van der Waals surface area contributed by atoms with Crippen molar-refractivity contribution in [1.29, 1.82) is 0 Å². The van der Waals surface area contributed by atoms with E-state index in [-0.39, 0.29) is 37.4 Å². The minimum Gasteiger partial charge on any atom is -0.497 e. The maximum atomic E-state index is 13.2. The van der Waals surface area contributed by atoms with Crippen LogP contribution in [0.5, 0.6) is 11.5 Å². The maximum Gasteiger partial charge on any atom is 0.321 e. The molecule has 1 heterocycles. The van der Waals surface area contributed by atoms with Gasteiger partial charge in [0.1, 0.15) is 17.6 Å². The highest BCUT2D eigenvalue weighted by Crippen LogP contribution is 2.29. The van der Waals surface area contributed by atoms with Crippen molar-refractivity contribution in [2.75, 3.05) is 50.1 Å². The first-order valence-electron chi connectivity index (χ1n) is 12.2. The minimum atomic E-state index is -3.52. The second-order valence-corrected chi connectivity index (χ2v) is 11.4. The van der Waals surface area contributed by atoms with Crippen molar-refractivity contribution in [3.63, 3.8) is 0 Å². The van der Waals surface area contributed by atoms with Gasteiger partial charge >= 0.3 is 6.03 Å². The molecule has 11 nitrogen and oxygen atoms in total. The number of aliphatic hydroxyl groups is 1. The fourth-order valence-corrected chi connectivity index (χ4v) is 4.73. The first kappa shape index (κ1) is 29.1. The molecule has 0 saturated heterocycles. The molecule has 0 aliphatic carbocycles. The van der Waals surface area contributed by atoms with E-state index < -0.39 is 22.2 Å². The SMILES string of the molecule is COc1ccc(NC(=O)N(C)C[C@@H]2Oc3ccc(NS(C)(=O)=O)cc3CC(=O)N([C@H](C)CO)C[C@H]2C)cc1. The van der Waals surface area contributed by atoms with E-state index >= 15 is 0 Å². The zero-order chi connectivity index (χ0) is 28.0. The molecule has 3 N–H and O–H groups in total. The van der Waals surface area contributed by atoms with Gasteiger partial charge < -0.3 is 29.7 Å². The molecule has 12 heteroatoms. The van der Waals surface area contributed by atoms with E-state index in [1.807, 2.05) is 6.92 Å². The van der Waals surface area contributed by atoms with Crippen molar-refractivity contribution in [1.82, 2.24) is 9.80 Å². The van der Waals surface area contributed by atoms with Gasteiger partial charge in [0, 0.05) is 36.4 Å². The molecule has 3 atom stereocenters. The number of anilines is 2. The molecule has 3 rings (SSSR count). The normalized spacial score (nSPS) is 18.7. The van der Waals surface area contributed by atoms with Crippen LogP contribution in [-0.2, 0) is 21.2 Å². The molecule has 0 bridgehead atoms. The second kappa shape index (κ2) is 12.4. The number of rotatable bonds is 8. The van der Waals surface area contributed by atoms with Crippen LogP contribution < -0.4 is 19.5 Å². The zero-order valence-corrected chi connectivity index (χ0v) is 23.1. The van der Waals surface area contributed by atoms with Crippen LogP contribution >= 0.6 is 0 Å². The largest absolute Gasteiger partial charge is 0.497 e. The Morgan fingerprint density at radius 2 is 1.89 bits per heavy atom. The Kier molecular flexibility index (Phi) is 9.45. The number of nitrogens with zero attached hydrogens (tertiary/aromatic N) is 2. The van der Waals surface area contributed by atoms with E-state index in [9.17, 15) is 23.1 Å². The van der Waals surface area contributed by atoms with Crippen LogP contribution in [-0.4, -0.2) is 87.5 Å². The third-order valence-electron chi connectivity index (χ3n) is 6.36. The summed E-state index contributed by atoms with van der Waals surface area (Å²) in [6, 6.07) is 11.0. The van der Waals surface area contributed by atoms with Gasteiger partial charge in [-0.25, -0.2) is 13.2 Å². The highest BCUT2D eigenvalue weighted by Gasteiger charge is 2.32. The lowest BCUT2D eigenvalue weighted by molar-refractivity contribution is -0.134. The first-order valence-corrected chi connectivity index (χ1v) is 14.1. The van der Waals surface area contributed by atoms with Gasteiger partial charge in [0.25, 0.3) is 0 Å². The number of hydrogen-bond acceptors (Lipinski definition) is 7. The second-order valence-electron chi connectivity index (χ2n) is 9.62. The molecule has 1 aliphatic heterocycles. The molecule has 2 aromatic rings. The molecule has 208 valence electrons. The minimum absolute atomic E-state index is 0.0355. The monoisotopic (exact) mass is 548 g/mol. The highest BCUT2D eigenvalue weighted by molar-refractivity contribution is 7.92. The predicted molar refractivity (Wildman–Crippen MR) is 145 cm³/mol. The average Bonchev–Trinajstić information content (AvgIpc) is 2.90. The van der Waals surface area contributed by atoms with Crippen molar-refractivity contribution < 1.29 is 32.6 Å².